The second-order valence-electron chi connectivity index (χ2n) is 17.1. The first-order valence-corrected chi connectivity index (χ1v) is 23.5. The van der Waals surface area contributed by atoms with Crippen molar-refractivity contribution in [3.05, 3.63) is 180 Å². The molecule has 0 saturated carbocycles. The number of nitrogens with one attached hydrogen (secondary N) is 1. The molecular weight excluding hydrogens is 875 g/mol. The Balaban J connectivity index is 0.000000206. The molecular formula is C56H58F2N6O5. The van der Waals surface area contributed by atoms with Crippen LogP contribution in [-0.4, -0.2) is 85.0 Å². The summed E-state index contributed by atoms with van der Waals surface area (Å²) in [5.74, 6) is -2.04. The number of likely N-dealkylation sites (tertiary alicyclic amines) is 2. The predicted octanol–water partition coefficient (Wildman–Crippen LogP) is 10.6. The van der Waals surface area contributed by atoms with Gasteiger partial charge >= 0.3 is 18.5 Å². The molecule has 69 heavy (non-hydrogen) atoms. The third-order valence-corrected chi connectivity index (χ3v) is 12.3. The fourth-order valence-electron chi connectivity index (χ4n) is 8.44. The summed E-state index contributed by atoms with van der Waals surface area (Å²) in [6.07, 6.45) is 3.15. The number of Topliss-reactive ketones (excluding diaryl/α,β-unsaturated/α-hetero) is 2. The molecule has 5 amide bonds. The summed E-state index contributed by atoms with van der Waals surface area (Å²) in [6, 6.07) is 50.1. The fraction of sp³-hybridized carbons (Fsp3) is 0.268. The van der Waals surface area contributed by atoms with E-state index in [1.807, 2.05) is 117 Å². The average molecular weight is 933 g/mol. The first kappa shape index (κ1) is 49.4. The molecule has 356 valence electrons. The van der Waals surface area contributed by atoms with Crippen LogP contribution in [0.3, 0.4) is 0 Å². The molecule has 13 heteroatoms. The van der Waals surface area contributed by atoms with Gasteiger partial charge in [-0.25, -0.2) is 9.59 Å². The topological polar surface area (TPSA) is 136 Å². The summed E-state index contributed by atoms with van der Waals surface area (Å²) in [6.45, 7) is 3.22. The van der Waals surface area contributed by atoms with Crippen LogP contribution in [0.15, 0.2) is 158 Å². The molecule has 8 rings (SSSR count). The van der Waals surface area contributed by atoms with Crippen molar-refractivity contribution >= 4 is 40.9 Å². The maximum Gasteiger partial charge on any atom is 0.324 e. The van der Waals surface area contributed by atoms with Crippen LogP contribution in [0.4, 0.5) is 29.7 Å². The highest BCUT2D eigenvalue weighted by Crippen LogP contribution is 2.29. The van der Waals surface area contributed by atoms with Crippen molar-refractivity contribution < 1.29 is 32.8 Å². The number of urea groups is 2. The molecule has 2 fully saturated rings. The molecule has 2 aliphatic heterocycles. The van der Waals surface area contributed by atoms with Gasteiger partial charge in [0, 0.05) is 48.7 Å². The van der Waals surface area contributed by atoms with Crippen LogP contribution in [0.1, 0.15) is 70.4 Å². The van der Waals surface area contributed by atoms with E-state index in [-0.39, 0.29) is 24.4 Å². The molecule has 2 saturated heterocycles. The van der Waals surface area contributed by atoms with Gasteiger partial charge in [0.1, 0.15) is 0 Å². The maximum atomic E-state index is 13.6. The third-order valence-electron chi connectivity index (χ3n) is 12.3. The molecule has 6 aromatic carbocycles. The van der Waals surface area contributed by atoms with Crippen molar-refractivity contribution in [1.82, 2.24) is 15.1 Å². The molecule has 0 aromatic heterocycles. The Morgan fingerprint density at radius 2 is 0.884 bits per heavy atom. The second-order valence-corrected chi connectivity index (χ2v) is 17.1. The lowest BCUT2D eigenvalue weighted by Gasteiger charge is -2.33. The Hall–Kier alpha value is -7.51. The molecule has 2 heterocycles. The van der Waals surface area contributed by atoms with E-state index in [4.69, 9.17) is 5.73 Å². The molecule has 0 radical (unpaired) electrons. The normalized spacial score (nSPS) is 13.4. The van der Waals surface area contributed by atoms with Crippen LogP contribution in [-0.2, 0) is 17.9 Å². The molecule has 0 bridgehead atoms. The van der Waals surface area contributed by atoms with Gasteiger partial charge in [-0.1, -0.05) is 133 Å². The predicted molar refractivity (Wildman–Crippen MR) is 267 cm³/mol. The number of hydrogen-bond donors (Lipinski definition) is 2. The first-order chi connectivity index (χ1) is 33.6. The van der Waals surface area contributed by atoms with Crippen LogP contribution < -0.4 is 20.9 Å². The van der Waals surface area contributed by atoms with E-state index in [9.17, 15) is 32.8 Å². The minimum Gasteiger partial charge on any atom is -0.344 e. The van der Waals surface area contributed by atoms with Gasteiger partial charge in [-0.15, -0.1) is 0 Å². The lowest BCUT2D eigenvalue weighted by Crippen LogP contribution is -2.45. The number of alkyl halides is 2. The zero-order chi connectivity index (χ0) is 48.5. The van der Waals surface area contributed by atoms with E-state index in [0.717, 1.165) is 89.9 Å². The smallest absolute Gasteiger partial charge is 0.324 e. The zero-order valence-corrected chi connectivity index (χ0v) is 38.7. The van der Waals surface area contributed by atoms with E-state index in [2.05, 4.69) is 24.3 Å². The Morgan fingerprint density at radius 1 is 0.493 bits per heavy atom. The number of carbonyl (C=O) groups is 5. The molecule has 2 aliphatic rings. The quantitative estimate of drug-likeness (QED) is 0.104. The van der Waals surface area contributed by atoms with Crippen molar-refractivity contribution in [3.8, 4) is 22.3 Å². The highest BCUT2D eigenvalue weighted by atomic mass is 19.3. The Morgan fingerprint density at radius 3 is 1.28 bits per heavy atom. The van der Waals surface area contributed by atoms with E-state index in [0.29, 0.717) is 37.3 Å². The van der Waals surface area contributed by atoms with E-state index < -0.39 is 24.7 Å². The van der Waals surface area contributed by atoms with Gasteiger partial charge in [0.25, 0.3) is 5.91 Å². The number of piperidine rings is 2. The van der Waals surface area contributed by atoms with Gasteiger partial charge in [0.15, 0.2) is 11.6 Å². The summed E-state index contributed by atoms with van der Waals surface area (Å²) < 4.78 is 24.7. The Labute approximate surface area is 402 Å². The number of carbonyl (C=O) groups excluding carboxylic acids is 5. The number of nitrogens with zero attached hydrogens (tertiary/aromatic N) is 4. The van der Waals surface area contributed by atoms with Crippen LogP contribution in [0.5, 0.6) is 0 Å². The molecule has 11 nitrogen and oxygen atoms in total. The summed E-state index contributed by atoms with van der Waals surface area (Å²) in [4.78, 5) is 69.8. The number of rotatable bonds is 14. The van der Waals surface area contributed by atoms with Crippen molar-refractivity contribution in [2.45, 2.75) is 58.0 Å². The summed E-state index contributed by atoms with van der Waals surface area (Å²) >= 11 is 0. The number of hydrogen-bond acceptors (Lipinski definition) is 6. The van der Waals surface area contributed by atoms with Crippen molar-refractivity contribution in [1.29, 1.82) is 0 Å². The van der Waals surface area contributed by atoms with Gasteiger partial charge in [-0.05, 0) is 96.2 Å². The monoisotopic (exact) mass is 932 g/mol. The second kappa shape index (κ2) is 24.5. The first-order valence-electron chi connectivity index (χ1n) is 23.5. The fourth-order valence-corrected chi connectivity index (χ4v) is 8.44. The molecule has 0 aliphatic carbocycles. The largest absolute Gasteiger partial charge is 0.344 e. The van der Waals surface area contributed by atoms with Gasteiger partial charge in [0.05, 0.1) is 26.2 Å². The molecule has 0 atom stereocenters. The van der Waals surface area contributed by atoms with Gasteiger partial charge < -0.3 is 20.9 Å². The zero-order valence-electron chi connectivity index (χ0n) is 38.7. The van der Waals surface area contributed by atoms with Crippen molar-refractivity contribution in [3.63, 3.8) is 0 Å². The highest BCUT2D eigenvalue weighted by Gasteiger charge is 2.26. The molecule has 0 spiro atoms. The molecule has 3 N–H and O–H groups in total. The number of amides is 5. The summed E-state index contributed by atoms with van der Waals surface area (Å²) in [5.41, 5.74) is 14.0. The van der Waals surface area contributed by atoms with Crippen LogP contribution in [0.2, 0.25) is 0 Å². The lowest BCUT2D eigenvalue weighted by atomic mass is 10.0. The number of halogens is 2. The van der Waals surface area contributed by atoms with Crippen molar-refractivity contribution in [2.75, 3.05) is 49.1 Å². The lowest BCUT2D eigenvalue weighted by molar-refractivity contribution is -0.131. The van der Waals surface area contributed by atoms with Crippen molar-refractivity contribution in [2.24, 2.45) is 5.73 Å². The maximum absolute atomic E-state index is 13.6. The van der Waals surface area contributed by atoms with Gasteiger partial charge in [-0.2, -0.15) is 8.78 Å². The van der Waals surface area contributed by atoms with E-state index in [1.165, 1.54) is 6.42 Å². The minimum atomic E-state index is -3.17. The SMILES string of the molecule is NCC(=O)c1ccc(CN(C(=O)N2CCCCC2)c2cccc(-c3ccccc3)c2)cc1.O=C(CNC(=O)C(F)F)c1ccc(CN(C(=O)N2CCCCC2)c2cccc(-c3ccccc3)c2)cc1. The van der Waals surface area contributed by atoms with E-state index >= 15 is 0 Å². The summed E-state index contributed by atoms with van der Waals surface area (Å²) in [5, 5.41) is 1.92. The minimum absolute atomic E-state index is 0.00873. The number of ketones is 2. The Bertz CT molecular complexity index is 2650. The van der Waals surface area contributed by atoms with E-state index in [1.54, 1.807) is 41.3 Å². The standard InChI is InChI=1S/C29H29F2N3O3.C27H29N3O2/c30-27(31)28(36)32-19-26(35)23-14-12-21(13-15-23)20-34(29(37)33-16-5-2-6-17-33)25-11-7-10-24(18-25)22-8-3-1-4-9-22;28-19-26(31)23-14-12-21(13-15-23)20-30(27(32)29-16-5-2-6-17-29)25-11-7-10-24(18-25)22-8-3-1-4-9-22/h1,3-4,7-15,18,27H,2,5-6,16-17,19-20H2,(H,32,36);1,3-4,7-15,18H,2,5-6,16-17,19-20,28H2. The number of benzene rings is 6. The summed E-state index contributed by atoms with van der Waals surface area (Å²) in [7, 11) is 0. The van der Waals surface area contributed by atoms with Gasteiger partial charge in [0.2, 0.25) is 0 Å². The number of anilines is 2. The molecule has 0 unspecified atom stereocenters. The molecule has 6 aromatic rings. The van der Waals surface area contributed by atoms with Crippen LogP contribution in [0.25, 0.3) is 22.3 Å². The third kappa shape index (κ3) is 13.6. The highest BCUT2D eigenvalue weighted by molar-refractivity contribution is 6.00. The van der Waals surface area contributed by atoms with Gasteiger partial charge in [-0.3, -0.25) is 24.2 Å². The Kier molecular flexibility index (Phi) is 17.5. The van der Waals surface area contributed by atoms with Crippen LogP contribution >= 0.6 is 0 Å². The number of nitrogens with two attached hydrogens (primary N) is 1. The van der Waals surface area contributed by atoms with Crippen LogP contribution in [0, 0.1) is 0 Å². The average Bonchev–Trinajstić information content (AvgIpc) is 3.41.